The second-order valence-corrected chi connectivity index (χ2v) is 4.82. The largest absolute Gasteiger partial charge is 0.362 e. The third kappa shape index (κ3) is 3.34. The van der Waals surface area contributed by atoms with Crippen LogP contribution in [-0.2, 0) is 4.79 Å². The van der Waals surface area contributed by atoms with Crippen LogP contribution in [0.5, 0.6) is 0 Å². The second-order valence-electron chi connectivity index (χ2n) is 4.82. The van der Waals surface area contributed by atoms with Crippen LogP contribution < -0.4 is 10.2 Å². The van der Waals surface area contributed by atoms with Gasteiger partial charge >= 0.3 is 0 Å². The standard InChI is InChI=1S/C15H20N2O2/c1-2-9-16-15(19)11-17-10-5-8-14(18)12-6-3-4-7-13(12)17/h3-4,6-7H,2,5,8-11H2,1H3,(H,16,19). The molecule has 0 aliphatic carbocycles. The van der Waals surface area contributed by atoms with E-state index in [-0.39, 0.29) is 11.7 Å². The Labute approximate surface area is 113 Å². The van der Waals surface area contributed by atoms with E-state index in [1.165, 1.54) is 0 Å². The maximum atomic E-state index is 12.0. The highest BCUT2D eigenvalue weighted by atomic mass is 16.2. The van der Waals surface area contributed by atoms with E-state index >= 15 is 0 Å². The number of carbonyl (C=O) groups is 2. The number of benzene rings is 1. The van der Waals surface area contributed by atoms with Crippen molar-refractivity contribution in [1.29, 1.82) is 0 Å². The molecule has 0 saturated carbocycles. The number of rotatable bonds is 4. The zero-order chi connectivity index (χ0) is 13.7. The fraction of sp³-hybridized carbons (Fsp3) is 0.467. The van der Waals surface area contributed by atoms with Gasteiger partial charge in [0.1, 0.15) is 0 Å². The highest BCUT2D eigenvalue weighted by Gasteiger charge is 2.21. The van der Waals surface area contributed by atoms with Crippen LogP contribution in [0.25, 0.3) is 0 Å². The smallest absolute Gasteiger partial charge is 0.239 e. The number of para-hydroxylation sites is 1. The molecule has 0 bridgehead atoms. The molecule has 1 aromatic carbocycles. The summed E-state index contributed by atoms with van der Waals surface area (Å²) in [5.74, 6) is 0.193. The molecule has 1 aliphatic heterocycles. The number of nitrogens with zero attached hydrogens (tertiary/aromatic N) is 1. The minimum Gasteiger partial charge on any atom is -0.362 e. The van der Waals surface area contributed by atoms with Crippen molar-refractivity contribution < 1.29 is 9.59 Å². The number of ketones is 1. The minimum absolute atomic E-state index is 0.0194. The zero-order valence-corrected chi connectivity index (χ0v) is 11.3. The van der Waals surface area contributed by atoms with Crippen molar-refractivity contribution in [1.82, 2.24) is 5.32 Å². The molecule has 1 amide bonds. The van der Waals surface area contributed by atoms with E-state index in [9.17, 15) is 9.59 Å². The normalized spacial score (nSPS) is 14.8. The Morgan fingerprint density at radius 2 is 2.16 bits per heavy atom. The van der Waals surface area contributed by atoms with Gasteiger partial charge in [0, 0.05) is 30.8 Å². The van der Waals surface area contributed by atoms with Gasteiger partial charge in [-0.3, -0.25) is 9.59 Å². The van der Waals surface area contributed by atoms with Crippen molar-refractivity contribution >= 4 is 17.4 Å². The fourth-order valence-electron chi connectivity index (χ4n) is 2.33. The molecule has 1 N–H and O–H groups in total. The Kier molecular flexibility index (Phi) is 4.55. The van der Waals surface area contributed by atoms with Gasteiger partial charge in [-0.05, 0) is 25.0 Å². The predicted molar refractivity (Wildman–Crippen MR) is 75.5 cm³/mol. The summed E-state index contributed by atoms with van der Waals surface area (Å²) >= 11 is 0. The molecule has 1 aliphatic rings. The predicted octanol–water partition coefficient (Wildman–Crippen LogP) is 2.00. The Balaban J connectivity index is 2.14. The topological polar surface area (TPSA) is 49.4 Å². The Bertz CT molecular complexity index is 471. The molecule has 4 heteroatoms. The van der Waals surface area contributed by atoms with Gasteiger partial charge in [0.25, 0.3) is 0 Å². The van der Waals surface area contributed by atoms with Gasteiger partial charge in [-0.25, -0.2) is 0 Å². The zero-order valence-electron chi connectivity index (χ0n) is 11.3. The molecule has 0 unspecified atom stereocenters. The lowest BCUT2D eigenvalue weighted by Crippen LogP contribution is -2.38. The lowest BCUT2D eigenvalue weighted by Gasteiger charge is -2.23. The first-order valence-electron chi connectivity index (χ1n) is 6.86. The molecule has 4 nitrogen and oxygen atoms in total. The Morgan fingerprint density at radius 3 is 2.95 bits per heavy atom. The molecule has 2 rings (SSSR count). The van der Waals surface area contributed by atoms with Gasteiger partial charge in [-0.1, -0.05) is 19.1 Å². The summed E-state index contributed by atoms with van der Waals surface area (Å²) in [6.07, 6.45) is 2.29. The van der Waals surface area contributed by atoms with E-state index in [0.29, 0.717) is 19.5 Å². The molecule has 19 heavy (non-hydrogen) atoms. The van der Waals surface area contributed by atoms with Gasteiger partial charge in [0.15, 0.2) is 5.78 Å². The van der Waals surface area contributed by atoms with E-state index in [4.69, 9.17) is 0 Å². The summed E-state index contributed by atoms with van der Waals surface area (Å²) in [5.41, 5.74) is 1.62. The quantitative estimate of drug-likeness (QED) is 0.900. The van der Waals surface area contributed by atoms with E-state index in [0.717, 1.165) is 30.6 Å². The molecule has 102 valence electrons. The van der Waals surface area contributed by atoms with Gasteiger partial charge < -0.3 is 10.2 Å². The molecule has 0 spiro atoms. The third-order valence-electron chi connectivity index (χ3n) is 3.28. The number of amides is 1. The van der Waals surface area contributed by atoms with E-state index in [1.54, 1.807) is 0 Å². The number of Topliss-reactive ketones (excluding diaryl/α,β-unsaturated/α-hetero) is 1. The third-order valence-corrected chi connectivity index (χ3v) is 3.28. The average Bonchev–Trinajstić information content (AvgIpc) is 2.58. The highest BCUT2D eigenvalue weighted by Crippen LogP contribution is 2.25. The summed E-state index contributed by atoms with van der Waals surface area (Å²) in [4.78, 5) is 25.8. The maximum absolute atomic E-state index is 12.0. The van der Waals surface area contributed by atoms with Gasteiger partial charge in [0.05, 0.1) is 6.54 Å². The van der Waals surface area contributed by atoms with Crippen LogP contribution in [-0.4, -0.2) is 31.3 Å². The summed E-state index contributed by atoms with van der Waals surface area (Å²) in [5, 5.41) is 2.88. The van der Waals surface area contributed by atoms with E-state index < -0.39 is 0 Å². The molecule has 0 saturated heterocycles. The Hall–Kier alpha value is -1.84. The van der Waals surface area contributed by atoms with Crippen LogP contribution in [0.4, 0.5) is 5.69 Å². The van der Waals surface area contributed by atoms with Crippen molar-refractivity contribution in [3.8, 4) is 0 Å². The van der Waals surface area contributed by atoms with Crippen molar-refractivity contribution in [2.75, 3.05) is 24.5 Å². The lowest BCUT2D eigenvalue weighted by molar-refractivity contribution is -0.119. The van der Waals surface area contributed by atoms with Crippen molar-refractivity contribution in [2.45, 2.75) is 26.2 Å². The summed E-state index contributed by atoms with van der Waals surface area (Å²) in [6, 6.07) is 7.55. The van der Waals surface area contributed by atoms with Gasteiger partial charge in [-0.2, -0.15) is 0 Å². The number of hydrogen-bond donors (Lipinski definition) is 1. The van der Waals surface area contributed by atoms with Crippen LogP contribution in [0.3, 0.4) is 0 Å². The molecule has 0 fully saturated rings. The monoisotopic (exact) mass is 260 g/mol. The number of nitrogens with one attached hydrogen (secondary N) is 1. The Morgan fingerprint density at radius 1 is 1.37 bits per heavy atom. The molecular weight excluding hydrogens is 240 g/mol. The molecular formula is C15H20N2O2. The molecule has 0 aromatic heterocycles. The maximum Gasteiger partial charge on any atom is 0.239 e. The van der Waals surface area contributed by atoms with Crippen molar-refractivity contribution in [2.24, 2.45) is 0 Å². The first-order chi connectivity index (χ1) is 9.22. The number of fused-ring (bicyclic) bond motifs is 1. The first kappa shape index (κ1) is 13.6. The number of anilines is 1. The van der Waals surface area contributed by atoms with Crippen LogP contribution >= 0.6 is 0 Å². The number of hydrogen-bond acceptors (Lipinski definition) is 3. The van der Waals surface area contributed by atoms with Crippen LogP contribution in [0.1, 0.15) is 36.5 Å². The molecule has 0 atom stereocenters. The van der Waals surface area contributed by atoms with Gasteiger partial charge in [0.2, 0.25) is 5.91 Å². The van der Waals surface area contributed by atoms with Crippen LogP contribution in [0.15, 0.2) is 24.3 Å². The summed E-state index contributed by atoms with van der Waals surface area (Å²) in [7, 11) is 0. The van der Waals surface area contributed by atoms with Crippen molar-refractivity contribution in [3.05, 3.63) is 29.8 Å². The SMILES string of the molecule is CCCNC(=O)CN1CCCC(=O)c2ccccc21. The number of carbonyl (C=O) groups excluding carboxylic acids is 2. The summed E-state index contributed by atoms with van der Waals surface area (Å²) in [6.45, 7) is 3.81. The van der Waals surface area contributed by atoms with E-state index in [2.05, 4.69) is 5.32 Å². The fourth-order valence-corrected chi connectivity index (χ4v) is 2.33. The van der Waals surface area contributed by atoms with Crippen LogP contribution in [0, 0.1) is 0 Å². The molecule has 0 radical (unpaired) electrons. The van der Waals surface area contributed by atoms with E-state index in [1.807, 2.05) is 36.1 Å². The van der Waals surface area contributed by atoms with Gasteiger partial charge in [-0.15, -0.1) is 0 Å². The van der Waals surface area contributed by atoms with Crippen LogP contribution in [0.2, 0.25) is 0 Å². The molecule has 1 heterocycles. The highest BCUT2D eigenvalue weighted by molar-refractivity contribution is 6.02. The average molecular weight is 260 g/mol. The van der Waals surface area contributed by atoms with Crippen molar-refractivity contribution in [3.63, 3.8) is 0 Å². The summed E-state index contributed by atoms with van der Waals surface area (Å²) < 4.78 is 0. The second kappa shape index (κ2) is 6.36. The molecule has 1 aromatic rings. The first-order valence-corrected chi connectivity index (χ1v) is 6.86. The lowest BCUT2D eigenvalue weighted by atomic mass is 10.1. The minimum atomic E-state index is 0.0194.